The van der Waals surface area contributed by atoms with Crippen molar-refractivity contribution in [2.24, 2.45) is 0 Å². The van der Waals surface area contributed by atoms with E-state index in [0.29, 0.717) is 0 Å². The van der Waals surface area contributed by atoms with E-state index in [4.69, 9.17) is 0 Å². The van der Waals surface area contributed by atoms with Crippen molar-refractivity contribution >= 4 is 33.6 Å². The second-order valence-electron chi connectivity index (χ2n) is 5.69. The lowest BCUT2D eigenvalue weighted by molar-refractivity contribution is 0.0935. The predicted molar refractivity (Wildman–Crippen MR) is 87.2 cm³/mol. The zero-order chi connectivity index (χ0) is 14.6. The lowest BCUT2D eigenvalue weighted by atomic mass is 10.0. The Morgan fingerprint density at radius 2 is 2.14 bits per heavy atom. The third-order valence-electron chi connectivity index (χ3n) is 4.07. The van der Waals surface area contributed by atoms with E-state index in [0.717, 1.165) is 35.0 Å². The van der Waals surface area contributed by atoms with Gasteiger partial charge in [-0.25, -0.2) is 0 Å². The molecule has 0 saturated heterocycles. The van der Waals surface area contributed by atoms with Crippen LogP contribution in [0, 0.1) is 6.92 Å². The SMILES string of the molecule is Cc1ccc([C@@H]2NC(=O)c3c(sc4c3CCN(C)C4)N2)s1. The Labute approximate surface area is 131 Å². The van der Waals surface area contributed by atoms with E-state index in [-0.39, 0.29) is 12.1 Å². The molecule has 2 N–H and O–H groups in total. The summed E-state index contributed by atoms with van der Waals surface area (Å²) in [6.07, 6.45) is 0.872. The molecule has 0 aromatic carbocycles. The number of carbonyl (C=O) groups is 1. The van der Waals surface area contributed by atoms with E-state index >= 15 is 0 Å². The first kappa shape index (κ1) is 13.3. The molecule has 4 nitrogen and oxygen atoms in total. The molecule has 2 aliphatic heterocycles. The van der Waals surface area contributed by atoms with Crippen LogP contribution in [0.3, 0.4) is 0 Å². The van der Waals surface area contributed by atoms with Gasteiger partial charge in [-0.3, -0.25) is 4.79 Å². The van der Waals surface area contributed by atoms with Gasteiger partial charge in [-0.15, -0.1) is 22.7 Å². The number of hydrogen-bond acceptors (Lipinski definition) is 5. The minimum atomic E-state index is -0.0958. The van der Waals surface area contributed by atoms with Crippen molar-refractivity contribution in [2.45, 2.75) is 26.1 Å². The summed E-state index contributed by atoms with van der Waals surface area (Å²) < 4.78 is 0. The molecule has 0 radical (unpaired) electrons. The van der Waals surface area contributed by atoms with Crippen molar-refractivity contribution in [3.8, 4) is 0 Å². The molecule has 0 unspecified atom stereocenters. The van der Waals surface area contributed by atoms with Crippen LogP contribution in [0.15, 0.2) is 12.1 Å². The average molecular weight is 319 g/mol. The lowest BCUT2D eigenvalue weighted by Gasteiger charge is -2.26. The van der Waals surface area contributed by atoms with Gasteiger partial charge in [-0.1, -0.05) is 0 Å². The van der Waals surface area contributed by atoms with Gasteiger partial charge >= 0.3 is 0 Å². The predicted octanol–water partition coefficient (Wildman–Crippen LogP) is 2.96. The molecule has 110 valence electrons. The van der Waals surface area contributed by atoms with Crippen molar-refractivity contribution in [3.05, 3.63) is 37.9 Å². The molecule has 1 atom stereocenters. The number of anilines is 1. The second-order valence-corrected chi connectivity index (χ2v) is 8.12. The molecular formula is C15H17N3OS2. The number of fused-ring (bicyclic) bond motifs is 3. The first-order valence-electron chi connectivity index (χ1n) is 7.08. The molecular weight excluding hydrogens is 302 g/mol. The van der Waals surface area contributed by atoms with Crippen LogP contribution in [-0.4, -0.2) is 24.4 Å². The van der Waals surface area contributed by atoms with Gasteiger partial charge in [0.05, 0.1) is 5.56 Å². The topological polar surface area (TPSA) is 44.4 Å². The van der Waals surface area contributed by atoms with E-state index < -0.39 is 0 Å². The van der Waals surface area contributed by atoms with Crippen LogP contribution in [0.25, 0.3) is 0 Å². The molecule has 2 aliphatic rings. The fourth-order valence-corrected chi connectivity index (χ4v) is 5.23. The fourth-order valence-electron chi connectivity index (χ4n) is 2.99. The molecule has 0 bridgehead atoms. The van der Waals surface area contributed by atoms with E-state index in [1.165, 1.54) is 15.3 Å². The van der Waals surface area contributed by atoms with Crippen LogP contribution < -0.4 is 10.6 Å². The molecule has 0 aliphatic carbocycles. The summed E-state index contributed by atoms with van der Waals surface area (Å²) in [5.41, 5.74) is 2.13. The summed E-state index contributed by atoms with van der Waals surface area (Å²) in [5, 5.41) is 7.65. The molecule has 2 aromatic rings. The summed E-state index contributed by atoms with van der Waals surface area (Å²) in [4.78, 5) is 18.6. The van der Waals surface area contributed by atoms with Crippen molar-refractivity contribution in [3.63, 3.8) is 0 Å². The third-order valence-corrected chi connectivity index (χ3v) is 6.28. The molecule has 6 heteroatoms. The van der Waals surface area contributed by atoms with Gasteiger partial charge in [0, 0.05) is 27.7 Å². The quantitative estimate of drug-likeness (QED) is 0.849. The highest BCUT2D eigenvalue weighted by atomic mass is 32.1. The maximum atomic E-state index is 12.5. The van der Waals surface area contributed by atoms with Gasteiger partial charge in [-0.2, -0.15) is 0 Å². The highest BCUT2D eigenvalue weighted by molar-refractivity contribution is 7.17. The van der Waals surface area contributed by atoms with E-state index in [1.807, 2.05) is 0 Å². The van der Waals surface area contributed by atoms with Crippen molar-refractivity contribution in [1.82, 2.24) is 10.2 Å². The maximum Gasteiger partial charge on any atom is 0.256 e. The Morgan fingerprint density at radius 1 is 1.29 bits per heavy atom. The van der Waals surface area contributed by atoms with Gasteiger partial charge in [0.25, 0.3) is 5.91 Å². The number of amides is 1. The van der Waals surface area contributed by atoms with Gasteiger partial charge < -0.3 is 15.5 Å². The normalized spacial score (nSPS) is 21.4. The summed E-state index contributed by atoms with van der Waals surface area (Å²) in [5.74, 6) is 0.0712. The minimum absolute atomic E-state index is 0.0712. The van der Waals surface area contributed by atoms with E-state index in [2.05, 4.69) is 41.6 Å². The number of carbonyl (C=O) groups excluding carboxylic acids is 1. The molecule has 2 aromatic heterocycles. The molecule has 0 saturated carbocycles. The molecule has 4 heterocycles. The Balaban J connectivity index is 1.71. The number of thiophene rings is 2. The van der Waals surface area contributed by atoms with E-state index in [1.54, 1.807) is 22.7 Å². The van der Waals surface area contributed by atoms with Gasteiger partial charge in [-0.05, 0) is 38.1 Å². The second kappa shape index (κ2) is 4.83. The number of nitrogens with one attached hydrogen (secondary N) is 2. The first-order valence-corrected chi connectivity index (χ1v) is 8.72. The summed E-state index contributed by atoms with van der Waals surface area (Å²) in [7, 11) is 2.13. The largest absolute Gasteiger partial charge is 0.352 e. The third kappa shape index (κ3) is 2.18. The first-order chi connectivity index (χ1) is 10.1. The Morgan fingerprint density at radius 3 is 2.90 bits per heavy atom. The zero-order valence-corrected chi connectivity index (χ0v) is 13.7. The summed E-state index contributed by atoms with van der Waals surface area (Å²) in [6.45, 7) is 4.06. The molecule has 0 fully saturated rings. The van der Waals surface area contributed by atoms with Gasteiger partial charge in [0.2, 0.25) is 0 Å². The highest BCUT2D eigenvalue weighted by Gasteiger charge is 2.33. The van der Waals surface area contributed by atoms with Crippen LogP contribution in [0.2, 0.25) is 0 Å². The highest BCUT2D eigenvalue weighted by Crippen LogP contribution is 2.41. The fraction of sp³-hybridized carbons (Fsp3) is 0.400. The number of nitrogens with zero attached hydrogens (tertiary/aromatic N) is 1. The molecule has 4 rings (SSSR count). The summed E-state index contributed by atoms with van der Waals surface area (Å²) in [6, 6.07) is 4.18. The van der Waals surface area contributed by atoms with Crippen molar-refractivity contribution < 1.29 is 4.79 Å². The van der Waals surface area contributed by atoms with Crippen LogP contribution in [0.5, 0.6) is 0 Å². The van der Waals surface area contributed by atoms with Crippen LogP contribution in [0.1, 0.15) is 36.7 Å². The van der Waals surface area contributed by atoms with Crippen LogP contribution in [-0.2, 0) is 13.0 Å². The average Bonchev–Trinajstić information content (AvgIpc) is 3.01. The smallest absolute Gasteiger partial charge is 0.256 e. The Kier molecular flexibility index (Phi) is 3.06. The molecule has 0 spiro atoms. The maximum absolute atomic E-state index is 12.5. The zero-order valence-electron chi connectivity index (χ0n) is 12.0. The Bertz CT molecular complexity index is 719. The molecule has 1 amide bonds. The number of rotatable bonds is 1. The Hall–Kier alpha value is -1.37. The minimum Gasteiger partial charge on any atom is -0.352 e. The van der Waals surface area contributed by atoms with Crippen LogP contribution in [0.4, 0.5) is 5.00 Å². The number of aryl methyl sites for hydroxylation is 1. The molecule has 21 heavy (non-hydrogen) atoms. The van der Waals surface area contributed by atoms with Crippen molar-refractivity contribution in [1.29, 1.82) is 0 Å². The van der Waals surface area contributed by atoms with Gasteiger partial charge in [0.15, 0.2) is 0 Å². The van der Waals surface area contributed by atoms with E-state index in [9.17, 15) is 4.79 Å². The lowest BCUT2D eigenvalue weighted by Crippen LogP contribution is -2.38. The number of hydrogen-bond donors (Lipinski definition) is 2. The monoisotopic (exact) mass is 319 g/mol. The number of likely N-dealkylation sites (N-methyl/N-ethyl adjacent to an activating group) is 1. The van der Waals surface area contributed by atoms with Crippen molar-refractivity contribution in [2.75, 3.05) is 18.9 Å². The van der Waals surface area contributed by atoms with Gasteiger partial charge in [0.1, 0.15) is 11.2 Å². The standard InChI is InChI=1S/C15H17N3OS2/c1-8-3-4-10(20-8)13-16-14(19)12-9-5-6-18(2)7-11(9)21-15(12)17-13/h3-4,13,17H,5-7H2,1-2H3,(H,16,19)/t13-/m1/s1. The van der Waals surface area contributed by atoms with Crippen LogP contribution >= 0.6 is 22.7 Å². The summed E-state index contributed by atoms with van der Waals surface area (Å²) >= 11 is 3.47.